The lowest BCUT2D eigenvalue weighted by Crippen LogP contribution is -2.32. The summed E-state index contributed by atoms with van der Waals surface area (Å²) >= 11 is 0. The number of rotatable bonds is 7. The van der Waals surface area contributed by atoms with E-state index in [1.807, 2.05) is 43.2 Å². The summed E-state index contributed by atoms with van der Waals surface area (Å²) < 4.78 is 1.88. The van der Waals surface area contributed by atoms with Crippen molar-refractivity contribution in [1.29, 1.82) is 0 Å². The topological polar surface area (TPSA) is 79.6 Å². The molecule has 29 heavy (non-hydrogen) atoms. The first kappa shape index (κ1) is 21.0. The molecule has 156 valence electrons. The van der Waals surface area contributed by atoms with E-state index in [9.17, 15) is 9.59 Å². The fourth-order valence-corrected chi connectivity index (χ4v) is 3.99. The third kappa shape index (κ3) is 4.49. The van der Waals surface area contributed by atoms with Crippen LogP contribution in [0.25, 0.3) is 5.65 Å². The second kappa shape index (κ2) is 8.76. The first-order valence-electron chi connectivity index (χ1n) is 10.3. The average molecular weight is 398 g/mol. The Morgan fingerprint density at radius 3 is 2.83 bits per heavy atom. The van der Waals surface area contributed by atoms with Crippen LogP contribution < -0.4 is 5.32 Å². The van der Waals surface area contributed by atoms with Gasteiger partial charge in [-0.3, -0.25) is 9.59 Å². The second-order valence-corrected chi connectivity index (χ2v) is 8.12. The van der Waals surface area contributed by atoms with Crippen LogP contribution in [0.2, 0.25) is 0 Å². The number of likely N-dealkylation sites (tertiary alicyclic amines) is 1. The number of fused-ring (bicyclic) bond motifs is 1. The van der Waals surface area contributed by atoms with Crippen LogP contribution in [-0.4, -0.2) is 50.9 Å². The summed E-state index contributed by atoms with van der Waals surface area (Å²) in [5, 5.41) is 7.62. The van der Waals surface area contributed by atoms with Crippen LogP contribution in [-0.2, 0) is 16.0 Å². The van der Waals surface area contributed by atoms with Crippen molar-refractivity contribution < 1.29 is 9.59 Å². The number of aromatic nitrogens is 3. The van der Waals surface area contributed by atoms with E-state index < -0.39 is 0 Å². The lowest BCUT2D eigenvalue weighted by atomic mass is 10.1. The number of carbonyl (C=O) groups is 2. The fraction of sp³-hybridized carbons (Fsp3) is 0.545. The van der Waals surface area contributed by atoms with Gasteiger partial charge in [0.15, 0.2) is 5.65 Å². The van der Waals surface area contributed by atoms with Crippen molar-refractivity contribution in [2.24, 2.45) is 5.92 Å². The van der Waals surface area contributed by atoms with Gasteiger partial charge in [0.05, 0.1) is 5.69 Å². The number of hydrogen-bond donors (Lipinski definition) is 1. The van der Waals surface area contributed by atoms with Crippen molar-refractivity contribution in [3.05, 3.63) is 41.4 Å². The van der Waals surface area contributed by atoms with E-state index in [0.29, 0.717) is 19.4 Å². The lowest BCUT2D eigenvalue weighted by Gasteiger charge is -2.18. The van der Waals surface area contributed by atoms with Crippen molar-refractivity contribution >= 4 is 17.5 Å². The molecule has 1 atom stereocenters. The van der Waals surface area contributed by atoms with E-state index in [2.05, 4.69) is 11.9 Å². The zero-order chi connectivity index (χ0) is 21.1. The van der Waals surface area contributed by atoms with Crippen molar-refractivity contribution in [3.63, 3.8) is 0 Å². The molecule has 1 fully saturated rings. The van der Waals surface area contributed by atoms with Crippen molar-refractivity contribution in [3.8, 4) is 0 Å². The molecule has 0 saturated carbocycles. The molecule has 0 spiro atoms. The van der Waals surface area contributed by atoms with Gasteiger partial charge in [-0.15, -0.1) is 6.58 Å². The predicted molar refractivity (Wildman–Crippen MR) is 113 cm³/mol. The summed E-state index contributed by atoms with van der Waals surface area (Å²) in [5.74, 6) is 0.476. The van der Waals surface area contributed by atoms with Gasteiger partial charge in [-0.05, 0) is 32.3 Å². The third-order valence-corrected chi connectivity index (χ3v) is 5.64. The van der Waals surface area contributed by atoms with Gasteiger partial charge < -0.3 is 10.2 Å². The van der Waals surface area contributed by atoms with Gasteiger partial charge in [-0.25, -0.2) is 9.50 Å². The van der Waals surface area contributed by atoms with Gasteiger partial charge in [-0.1, -0.05) is 19.9 Å². The molecule has 2 aromatic heterocycles. The minimum Gasteiger partial charge on any atom is -0.353 e. The molecular weight excluding hydrogens is 366 g/mol. The van der Waals surface area contributed by atoms with Gasteiger partial charge in [-0.2, -0.15) is 5.10 Å². The monoisotopic (exact) mass is 397 g/mol. The zero-order valence-electron chi connectivity index (χ0n) is 17.9. The summed E-state index contributed by atoms with van der Waals surface area (Å²) in [4.78, 5) is 30.9. The Morgan fingerprint density at radius 2 is 2.14 bits per heavy atom. The van der Waals surface area contributed by atoms with Crippen molar-refractivity contribution in [1.82, 2.24) is 24.8 Å². The Bertz CT molecular complexity index is 931. The largest absolute Gasteiger partial charge is 0.353 e. The Balaban J connectivity index is 1.78. The zero-order valence-corrected chi connectivity index (χ0v) is 17.9. The molecule has 1 saturated heterocycles. The number of hydrogen-bond acceptors (Lipinski definition) is 4. The molecule has 0 aliphatic carbocycles. The molecule has 7 heteroatoms. The first-order chi connectivity index (χ1) is 13.8. The van der Waals surface area contributed by atoms with Crippen LogP contribution in [0.1, 0.15) is 55.3 Å². The van der Waals surface area contributed by atoms with E-state index in [0.717, 1.165) is 47.8 Å². The molecule has 1 aliphatic rings. The van der Waals surface area contributed by atoms with Gasteiger partial charge in [0, 0.05) is 55.3 Å². The highest BCUT2D eigenvalue weighted by Gasteiger charge is 2.30. The number of nitrogens with zero attached hydrogens (tertiary/aromatic N) is 4. The van der Waals surface area contributed by atoms with Gasteiger partial charge in [0.1, 0.15) is 0 Å². The molecule has 1 aliphatic heterocycles. The van der Waals surface area contributed by atoms with Crippen LogP contribution in [0.15, 0.2) is 18.7 Å². The highest BCUT2D eigenvalue weighted by molar-refractivity contribution is 5.78. The molecule has 3 rings (SSSR count). The number of carbonyl (C=O) groups excluding carboxylic acids is 2. The molecular formula is C22H31N5O2. The second-order valence-electron chi connectivity index (χ2n) is 8.12. The quantitative estimate of drug-likeness (QED) is 0.728. The Morgan fingerprint density at radius 1 is 1.38 bits per heavy atom. The lowest BCUT2D eigenvalue weighted by molar-refractivity contribution is -0.133. The maximum atomic E-state index is 12.3. The summed E-state index contributed by atoms with van der Waals surface area (Å²) in [6.07, 6.45) is 3.63. The minimum absolute atomic E-state index is 0.00539. The molecule has 7 nitrogen and oxygen atoms in total. The third-order valence-electron chi connectivity index (χ3n) is 5.64. The van der Waals surface area contributed by atoms with E-state index in [-0.39, 0.29) is 23.7 Å². The summed E-state index contributed by atoms with van der Waals surface area (Å²) in [6.45, 7) is 13.5. The van der Waals surface area contributed by atoms with Gasteiger partial charge in [0.2, 0.25) is 11.8 Å². The summed E-state index contributed by atoms with van der Waals surface area (Å²) in [7, 11) is 0. The summed E-state index contributed by atoms with van der Waals surface area (Å²) in [6, 6.07) is 2.04. The van der Waals surface area contributed by atoms with Gasteiger partial charge in [0.25, 0.3) is 0 Å². The molecule has 0 bridgehead atoms. The Hall–Kier alpha value is -2.70. The molecule has 2 amide bonds. The Kier molecular flexibility index (Phi) is 6.35. The van der Waals surface area contributed by atoms with Crippen molar-refractivity contribution in [2.45, 2.75) is 52.9 Å². The molecule has 2 aromatic rings. The maximum Gasteiger partial charge on any atom is 0.225 e. The van der Waals surface area contributed by atoms with Crippen LogP contribution in [0.4, 0.5) is 0 Å². The van der Waals surface area contributed by atoms with Crippen LogP contribution in [0.3, 0.4) is 0 Å². The minimum atomic E-state index is 0.00539. The smallest absolute Gasteiger partial charge is 0.225 e. The molecule has 0 radical (unpaired) electrons. The summed E-state index contributed by atoms with van der Waals surface area (Å²) in [5.41, 5.74) is 4.82. The standard InChI is InChI=1S/C22H31N5O2/c1-6-10-23-21(28)8-7-18-15(4)24-20-12-19(25-27(20)16(18)5)17-9-11-26(13-17)22(29)14(2)3/h6,12,14,17H,1,7-11,13H2,2-5H3,(H,23,28). The van der Waals surface area contributed by atoms with Crippen LogP contribution in [0, 0.1) is 19.8 Å². The van der Waals surface area contributed by atoms with E-state index in [1.165, 1.54) is 0 Å². The molecule has 3 heterocycles. The average Bonchev–Trinajstić information content (AvgIpc) is 3.32. The van der Waals surface area contributed by atoms with Crippen LogP contribution >= 0.6 is 0 Å². The predicted octanol–water partition coefficient (Wildman–Crippen LogP) is 2.55. The van der Waals surface area contributed by atoms with E-state index in [4.69, 9.17) is 10.1 Å². The Labute approximate surface area is 172 Å². The number of nitrogens with one attached hydrogen (secondary N) is 1. The highest BCUT2D eigenvalue weighted by atomic mass is 16.2. The number of amides is 2. The fourth-order valence-electron chi connectivity index (χ4n) is 3.99. The SMILES string of the molecule is C=CCNC(=O)CCc1c(C)nc2cc(C3CCN(C(=O)C(C)C)C3)nn2c1C. The normalized spacial score (nSPS) is 16.6. The maximum absolute atomic E-state index is 12.3. The molecule has 0 aromatic carbocycles. The van der Waals surface area contributed by atoms with Gasteiger partial charge >= 0.3 is 0 Å². The first-order valence-corrected chi connectivity index (χ1v) is 10.3. The molecule has 1 N–H and O–H groups in total. The van der Waals surface area contributed by atoms with Crippen LogP contribution in [0.5, 0.6) is 0 Å². The molecule has 1 unspecified atom stereocenters. The number of aryl methyl sites for hydroxylation is 2. The van der Waals surface area contributed by atoms with E-state index >= 15 is 0 Å². The van der Waals surface area contributed by atoms with E-state index in [1.54, 1.807) is 6.08 Å². The van der Waals surface area contributed by atoms with Crippen molar-refractivity contribution in [2.75, 3.05) is 19.6 Å². The highest BCUT2D eigenvalue weighted by Crippen LogP contribution is 2.28.